The molecule has 0 aromatic carbocycles. The van der Waals surface area contributed by atoms with Crippen molar-refractivity contribution in [1.82, 2.24) is 15.5 Å². The Morgan fingerprint density at radius 3 is 2.57 bits per heavy atom. The lowest BCUT2D eigenvalue weighted by Crippen LogP contribution is -2.51. The van der Waals surface area contributed by atoms with Gasteiger partial charge < -0.3 is 10.6 Å². The van der Waals surface area contributed by atoms with Crippen LogP contribution in [0.25, 0.3) is 0 Å². The predicted molar refractivity (Wildman–Crippen MR) is 76.0 cm³/mol. The molecule has 2 N–H and O–H groups in total. The number of likely N-dealkylation sites (tertiary alicyclic amines) is 1. The van der Waals surface area contributed by atoms with Gasteiger partial charge in [-0.05, 0) is 38.8 Å². The smallest absolute Gasteiger partial charge is 0.346 e. The number of amides is 1. The Morgan fingerprint density at radius 1 is 1.33 bits per heavy atom. The quantitative estimate of drug-likeness (QED) is 0.786. The van der Waals surface area contributed by atoms with E-state index in [1.54, 1.807) is 6.92 Å². The molecule has 0 spiro atoms. The Kier molecular flexibility index (Phi) is 6.93. The van der Waals surface area contributed by atoms with Crippen molar-refractivity contribution in [2.75, 3.05) is 26.2 Å². The highest BCUT2D eigenvalue weighted by molar-refractivity contribution is 5.81. The first-order valence-electron chi connectivity index (χ1n) is 7.51. The molecule has 0 bridgehead atoms. The summed E-state index contributed by atoms with van der Waals surface area (Å²) in [6.07, 6.45) is -2.30. The van der Waals surface area contributed by atoms with Crippen LogP contribution >= 0.6 is 0 Å². The van der Waals surface area contributed by atoms with Gasteiger partial charge >= 0.3 is 6.18 Å². The minimum atomic E-state index is -4.36. The standard InChI is InChI=1S/C14H26F3N3O/c1-10(2)18-7-12-5-4-6-20(8-12)11(3)13(21)19-9-14(15,16)17/h10-12,18H,4-9H2,1-3H3,(H,19,21). The Labute approximate surface area is 124 Å². The number of piperidine rings is 1. The fourth-order valence-corrected chi connectivity index (χ4v) is 2.52. The molecule has 4 nitrogen and oxygen atoms in total. The van der Waals surface area contributed by atoms with E-state index in [1.807, 2.05) is 10.2 Å². The fourth-order valence-electron chi connectivity index (χ4n) is 2.52. The monoisotopic (exact) mass is 309 g/mol. The number of carbonyl (C=O) groups is 1. The molecule has 1 amide bonds. The molecule has 21 heavy (non-hydrogen) atoms. The number of carbonyl (C=O) groups excluding carboxylic acids is 1. The second-order valence-electron chi connectivity index (χ2n) is 6.08. The van der Waals surface area contributed by atoms with Crippen LogP contribution in [0.15, 0.2) is 0 Å². The van der Waals surface area contributed by atoms with Crippen molar-refractivity contribution < 1.29 is 18.0 Å². The zero-order valence-corrected chi connectivity index (χ0v) is 13.0. The van der Waals surface area contributed by atoms with Crippen molar-refractivity contribution in [2.24, 2.45) is 5.92 Å². The van der Waals surface area contributed by atoms with Crippen LogP contribution in [0.5, 0.6) is 0 Å². The minimum Gasteiger partial charge on any atom is -0.346 e. The maximum Gasteiger partial charge on any atom is 0.405 e. The van der Waals surface area contributed by atoms with Gasteiger partial charge in [-0.1, -0.05) is 13.8 Å². The van der Waals surface area contributed by atoms with E-state index in [0.717, 1.165) is 32.5 Å². The summed E-state index contributed by atoms with van der Waals surface area (Å²) in [6.45, 7) is 6.96. The van der Waals surface area contributed by atoms with Crippen LogP contribution < -0.4 is 10.6 Å². The number of nitrogens with one attached hydrogen (secondary N) is 2. The summed E-state index contributed by atoms with van der Waals surface area (Å²) >= 11 is 0. The van der Waals surface area contributed by atoms with Crippen molar-refractivity contribution in [2.45, 2.75) is 51.9 Å². The van der Waals surface area contributed by atoms with E-state index in [4.69, 9.17) is 0 Å². The molecule has 1 aliphatic heterocycles. The molecular formula is C14H26F3N3O. The average molecular weight is 309 g/mol. The van der Waals surface area contributed by atoms with Crippen LogP contribution in [0.2, 0.25) is 0 Å². The molecule has 0 aromatic heterocycles. The second kappa shape index (κ2) is 7.98. The van der Waals surface area contributed by atoms with Gasteiger partial charge in [0.2, 0.25) is 5.91 Å². The van der Waals surface area contributed by atoms with Crippen molar-refractivity contribution in [1.29, 1.82) is 0 Å². The lowest BCUT2D eigenvalue weighted by Gasteiger charge is -2.36. The normalized spacial score (nSPS) is 22.3. The van der Waals surface area contributed by atoms with Crippen molar-refractivity contribution in [3.63, 3.8) is 0 Å². The summed E-state index contributed by atoms with van der Waals surface area (Å²) in [6, 6.07) is -0.109. The summed E-state index contributed by atoms with van der Waals surface area (Å²) in [5, 5.41) is 5.34. The van der Waals surface area contributed by atoms with Crippen molar-refractivity contribution >= 4 is 5.91 Å². The average Bonchev–Trinajstić information content (AvgIpc) is 2.41. The first-order valence-corrected chi connectivity index (χ1v) is 7.51. The number of nitrogens with zero attached hydrogens (tertiary/aromatic N) is 1. The third kappa shape index (κ3) is 7.13. The molecule has 0 radical (unpaired) electrons. The maximum absolute atomic E-state index is 12.1. The molecule has 0 saturated carbocycles. The summed E-state index contributed by atoms with van der Waals surface area (Å²) < 4.78 is 36.4. The summed E-state index contributed by atoms with van der Waals surface area (Å²) in [5.41, 5.74) is 0. The molecule has 0 aliphatic carbocycles. The SMILES string of the molecule is CC(C)NCC1CCCN(C(C)C(=O)NCC(F)(F)F)C1. The highest BCUT2D eigenvalue weighted by Gasteiger charge is 2.31. The molecule has 124 valence electrons. The lowest BCUT2D eigenvalue weighted by atomic mass is 9.96. The predicted octanol–water partition coefficient (Wildman–Crippen LogP) is 1.76. The number of rotatable bonds is 6. The molecule has 1 saturated heterocycles. The van der Waals surface area contributed by atoms with Gasteiger partial charge in [-0.2, -0.15) is 13.2 Å². The van der Waals surface area contributed by atoms with E-state index in [2.05, 4.69) is 19.2 Å². The minimum absolute atomic E-state index is 0.410. The molecule has 2 atom stereocenters. The van der Waals surface area contributed by atoms with Crippen LogP contribution in [0, 0.1) is 5.92 Å². The summed E-state index contributed by atoms with van der Waals surface area (Å²) in [5.74, 6) is -0.108. The van der Waals surface area contributed by atoms with E-state index >= 15 is 0 Å². The van der Waals surface area contributed by atoms with Gasteiger partial charge in [0.05, 0.1) is 6.04 Å². The van der Waals surface area contributed by atoms with Gasteiger partial charge in [0.25, 0.3) is 0 Å². The van der Waals surface area contributed by atoms with Crippen molar-refractivity contribution in [3.05, 3.63) is 0 Å². The van der Waals surface area contributed by atoms with Gasteiger partial charge in [0.15, 0.2) is 0 Å². The van der Waals surface area contributed by atoms with Gasteiger partial charge in [-0.15, -0.1) is 0 Å². The van der Waals surface area contributed by atoms with Gasteiger partial charge in [-0.3, -0.25) is 9.69 Å². The Balaban J connectivity index is 2.42. The Morgan fingerprint density at radius 2 is 2.00 bits per heavy atom. The molecule has 1 aliphatic rings. The van der Waals surface area contributed by atoms with Crippen LogP contribution in [0.4, 0.5) is 13.2 Å². The highest BCUT2D eigenvalue weighted by atomic mass is 19.4. The third-order valence-electron chi connectivity index (χ3n) is 3.76. The van der Waals surface area contributed by atoms with E-state index in [1.165, 1.54) is 0 Å². The van der Waals surface area contributed by atoms with Crippen LogP contribution in [0.3, 0.4) is 0 Å². The maximum atomic E-state index is 12.1. The molecule has 0 aromatic rings. The first-order chi connectivity index (χ1) is 9.69. The summed E-state index contributed by atoms with van der Waals surface area (Å²) in [7, 11) is 0. The molecule has 1 heterocycles. The van der Waals surface area contributed by atoms with Crippen LogP contribution in [-0.2, 0) is 4.79 Å². The third-order valence-corrected chi connectivity index (χ3v) is 3.76. The zero-order chi connectivity index (χ0) is 16.0. The van der Waals surface area contributed by atoms with E-state index in [9.17, 15) is 18.0 Å². The lowest BCUT2D eigenvalue weighted by molar-refractivity contribution is -0.141. The van der Waals surface area contributed by atoms with Gasteiger partial charge in [0.1, 0.15) is 6.54 Å². The second-order valence-corrected chi connectivity index (χ2v) is 6.08. The topological polar surface area (TPSA) is 44.4 Å². The van der Waals surface area contributed by atoms with Crippen LogP contribution in [0.1, 0.15) is 33.6 Å². The molecule has 7 heteroatoms. The first kappa shape index (κ1) is 18.2. The number of halogens is 3. The number of hydrogen-bond acceptors (Lipinski definition) is 3. The molecule has 1 rings (SSSR count). The fraction of sp³-hybridized carbons (Fsp3) is 0.929. The van der Waals surface area contributed by atoms with E-state index in [-0.39, 0.29) is 0 Å². The van der Waals surface area contributed by atoms with Gasteiger partial charge in [-0.25, -0.2) is 0 Å². The largest absolute Gasteiger partial charge is 0.405 e. The molecular weight excluding hydrogens is 283 g/mol. The van der Waals surface area contributed by atoms with Crippen LogP contribution in [-0.4, -0.2) is 55.2 Å². The molecule has 2 unspecified atom stereocenters. The molecule has 1 fully saturated rings. The van der Waals surface area contributed by atoms with Crippen molar-refractivity contribution in [3.8, 4) is 0 Å². The van der Waals surface area contributed by atoms with E-state index < -0.39 is 24.7 Å². The van der Waals surface area contributed by atoms with Gasteiger partial charge in [0, 0.05) is 12.6 Å². The van der Waals surface area contributed by atoms with E-state index in [0.29, 0.717) is 12.0 Å². The number of alkyl halides is 3. The highest BCUT2D eigenvalue weighted by Crippen LogP contribution is 2.18. The Bertz CT molecular complexity index is 334. The Hall–Kier alpha value is -0.820. The number of hydrogen-bond donors (Lipinski definition) is 2. The zero-order valence-electron chi connectivity index (χ0n) is 13.0. The summed E-state index contributed by atoms with van der Waals surface area (Å²) in [4.78, 5) is 13.8.